The maximum absolute atomic E-state index is 9.31. The van der Waals surface area contributed by atoms with Crippen LogP contribution in [0.25, 0.3) is 0 Å². The first-order chi connectivity index (χ1) is 10.7. The van der Waals surface area contributed by atoms with Crippen molar-refractivity contribution in [1.29, 1.82) is 5.26 Å². The number of hydrogen-bond acceptors (Lipinski definition) is 4. The molecule has 0 aliphatic heterocycles. The molecular formula is C16H15N5O. The Hall–Kier alpha value is -3.20. The number of anilines is 1. The Labute approximate surface area is 128 Å². The molecule has 2 N–H and O–H groups in total. The van der Waals surface area contributed by atoms with Gasteiger partial charge in [0.2, 0.25) is 5.88 Å². The molecule has 6 nitrogen and oxygen atoms in total. The third-order valence-electron chi connectivity index (χ3n) is 3.37. The number of aryl methyl sites for hydroxylation is 1. The Balaban J connectivity index is 2.01. The summed E-state index contributed by atoms with van der Waals surface area (Å²) in [6, 6.07) is 13.1. The molecule has 0 unspecified atom stereocenters. The molecule has 0 aliphatic carbocycles. The first-order valence-corrected chi connectivity index (χ1v) is 6.77. The molecule has 0 fully saturated rings. The number of rotatable bonds is 4. The molecule has 0 aliphatic rings. The lowest BCUT2D eigenvalue weighted by atomic mass is 10.3. The number of hydrogen-bond donors (Lipinski definition) is 1. The molecule has 6 heteroatoms. The second kappa shape index (κ2) is 5.66. The Morgan fingerprint density at radius 1 is 1.32 bits per heavy atom. The van der Waals surface area contributed by atoms with Crippen LogP contribution in [-0.2, 0) is 13.6 Å². The van der Waals surface area contributed by atoms with Crippen LogP contribution in [0.1, 0.15) is 11.5 Å². The van der Waals surface area contributed by atoms with E-state index in [1.54, 1.807) is 16.8 Å². The number of benzene rings is 1. The van der Waals surface area contributed by atoms with Crippen LogP contribution in [0.3, 0.4) is 0 Å². The van der Waals surface area contributed by atoms with Crippen molar-refractivity contribution < 1.29 is 4.74 Å². The lowest BCUT2D eigenvalue weighted by molar-refractivity contribution is 0.434. The highest BCUT2D eigenvalue weighted by atomic mass is 16.5. The Bertz CT molecular complexity index is 826. The molecule has 3 rings (SSSR count). The molecule has 0 saturated heterocycles. The van der Waals surface area contributed by atoms with Crippen molar-refractivity contribution in [2.75, 3.05) is 5.73 Å². The average Bonchev–Trinajstić information content (AvgIpc) is 3.06. The highest BCUT2D eigenvalue weighted by Crippen LogP contribution is 2.31. The number of aromatic nitrogens is 3. The second-order valence-corrected chi connectivity index (χ2v) is 4.86. The smallest absolute Gasteiger partial charge is 0.224 e. The van der Waals surface area contributed by atoms with Gasteiger partial charge in [0, 0.05) is 25.5 Å². The van der Waals surface area contributed by atoms with Gasteiger partial charge in [-0.05, 0) is 12.1 Å². The quantitative estimate of drug-likeness (QED) is 0.801. The number of nitrogens with zero attached hydrogens (tertiary/aromatic N) is 4. The summed E-state index contributed by atoms with van der Waals surface area (Å²) in [7, 11) is 1.90. The Morgan fingerprint density at radius 2 is 2.09 bits per heavy atom. The molecule has 2 heterocycles. The lowest BCUT2D eigenvalue weighted by Crippen LogP contribution is -2.09. The fourth-order valence-corrected chi connectivity index (χ4v) is 2.21. The molecule has 0 radical (unpaired) electrons. The molecule has 2 aromatic heterocycles. The van der Waals surface area contributed by atoms with Crippen LogP contribution >= 0.6 is 0 Å². The monoisotopic (exact) mass is 293 g/mol. The summed E-state index contributed by atoms with van der Waals surface area (Å²) in [6.07, 6.45) is 3.57. The van der Waals surface area contributed by atoms with E-state index in [1.807, 2.05) is 48.1 Å². The third-order valence-corrected chi connectivity index (χ3v) is 3.37. The topological polar surface area (TPSA) is 81.8 Å². The van der Waals surface area contributed by atoms with Crippen LogP contribution in [0.15, 0.2) is 48.8 Å². The second-order valence-electron chi connectivity index (χ2n) is 4.86. The molecule has 3 aromatic rings. The maximum atomic E-state index is 9.31. The van der Waals surface area contributed by atoms with Crippen molar-refractivity contribution in [3.05, 3.63) is 60.3 Å². The SMILES string of the molecule is Cn1ccnc1Cn1c(C#N)cc(N)c1Oc1ccccc1. The number of nitriles is 1. The van der Waals surface area contributed by atoms with Gasteiger partial charge in [-0.25, -0.2) is 4.98 Å². The van der Waals surface area contributed by atoms with Gasteiger partial charge in [-0.2, -0.15) is 5.26 Å². The van der Waals surface area contributed by atoms with Crippen LogP contribution < -0.4 is 10.5 Å². The van der Waals surface area contributed by atoms with Crippen LogP contribution in [-0.4, -0.2) is 14.1 Å². The van der Waals surface area contributed by atoms with Gasteiger partial charge in [0.25, 0.3) is 0 Å². The van der Waals surface area contributed by atoms with E-state index in [0.29, 0.717) is 29.6 Å². The summed E-state index contributed by atoms with van der Waals surface area (Å²) in [4.78, 5) is 4.28. The molecule has 22 heavy (non-hydrogen) atoms. The standard InChI is InChI=1S/C16H15N5O/c1-20-8-7-19-15(20)11-21-12(10-17)9-14(18)16(21)22-13-5-3-2-4-6-13/h2-9H,11,18H2,1H3. The molecule has 1 aromatic carbocycles. The molecule has 0 amide bonds. The van der Waals surface area contributed by atoms with E-state index < -0.39 is 0 Å². The van der Waals surface area contributed by atoms with Gasteiger partial charge >= 0.3 is 0 Å². The fraction of sp³-hybridized carbons (Fsp3) is 0.125. The predicted octanol–water partition coefficient (Wildman–Crippen LogP) is 2.52. The highest BCUT2D eigenvalue weighted by Gasteiger charge is 2.17. The van der Waals surface area contributed by atoms with Gasteiger partial charge in [0.1, 0.15) is 23.3 Å². The summed E-state index contributed by atoms with van der Waals surface area (Å²) >= 11 is 0. The van der Waals surface area contributed by atoms with Crippen molar-refractivity contribution in [3.63, 3.8) is 0 Å². The zero-order valence-electron chi connectivity index (χ0n) is 12.1. The minimum absolute atomic E-state index is 0.408. The fourth-order valence-electron chi connectivity index (χ4n) is 2.21. The zero-order valence-corrected chi connectivity index (χ0v) is 12.1. The lowest BCUT2D eigenvalue weighted by Gasteiger charge is -2.12. The first-order valence-electron chi connectivity index (χ1n) is 6.77. The number of nitrogen functional groups attached to an aromatic ring is 1. The van der Waals surface area contributed by atoms with E-state index in [9.17, 15) is 5.26 Å². The van der Waals surface area contributed by atoms with Crippen molar-refractivity contribution in [2.45, 2.75) is 6.54 Å². The first kappa shape index (κ1) is 13.8. The minimum Gasteiger partial charge on any atom is -0.439 e. The van der Waals surface area contributed by atoms with Gasteiger partial charge in [-0.3, -0.25) is 4.57 Å². The summed E-state index contributed by atoms with van der Waals surface area (Å²) in [6.45, 7) is 0.408. The van der Waals surface area contributed by atoms with Gasteiger partial charge in [-0.1, -0.05) is 18.2 Å². The van der Waals surface area contributed by atoms with E-state index in [4.69, 9.17) is 10.5 Å². The van der Waals surface area contributed by atoms with E-state index >= 15 is 0 Å². The highest BCUT2D eigenvalue weighted by molar-refractivity contribution is 5.56. The molecule has 0 atom stereocenters. The number of para-hydroxylation sites is 1. The molecule has 0 bridgehead atoms. The molecule has 0 spiro atoms. The number of ether oxygens (including phenoxy) is 1. The maximum Gasteiger partial charge on any atom is 0.224 e. The summed E-state index contributed by atoms with van der Waals surface area (Å²) in [5.74, 6) is 1.92. The van der Waals surface area contributed by atoms with E-state index in [2.05, 4.69) is 11.1 Å². The van der Waals surface area contributed by atoms with Crippen molar-refractivity contribution >= 4 is 5.69 Å². The minimum atomic E-state index is 0.408. The Morgan fingerprint density at radius 3 is 2.73 bits per heavy atom. The molecule has 110 valence electrons. The van der Waals surface area contributed by atoms with Gasteiger partial charge < -0.3 is 15.0 Å². The average molecular weight is 293 g/mol. The van der Waals surface area contributed by atoms with E-state index in [1.165, 1.54) is 0 Å². The van der Waals surface area contributed by atoms with Crippen LogP contribution in [0, 0.1) is 11.3 Å². The predicted molar refractivity (Wildman–Crippen MR) is 82.4 cm³/mol. The molecule has 0 saturated carbocycles. The van der Waals surface area contributed by atoms with Crippen molar-refractivity contribution in [3.8, 4) is 17.7 Å². The number of imidazole rings is 1. The van der Waals surface area contributed by atoms with Gasteiger partial charge in [0.05, 0.1) is 12.2 Å². The molecular weight excluding hydrogens is 278 g/mol. The third kappa shape index (κ3) is 2.52. The van der Waals surface area contributed by atoms with Crippen LogP contribution in [0.5, 0.6) is 11.6 Å². The van der Waals surface area contributed by atoms with Gasteiger partial charge in [0.15, 0.2) is 0 Å². The van der Waals surface area contributed by atoms with Crippen LogP contribution in [0.2, 0.25) is 0 Å². The largest absolute Gasteiger partial charge is 0.439 e. The van der Waals surface area contributed by atoms with Crippen molar-refractivity contribution in [2.24, 2.45) is 7.05 Å². The summed E-state index contributed by atoms with van der Waals surface area (Å²) in [5, 5.41) is 9.31. The zero-order chi connectivity index (χ0) is 15.5. The van der Waals surface area contributed by atoms with Crippen LogP contribution in [0.4, 0.5) is 5.69 Å². The normalized spacial score (nSPS) is 10.4. The van der Waals surface area contributed by atoms with Crippen molar-refractivity contribution in [1.82, 2.24) is 14.1 Å². The Kier molecular flexibility index (Phi) is 3.54. The number of nitrogens with two attached hydrogens (primary N) is 1. The van der Waals surface area contributed by atoms with Gasteiger partial charge in [-0.15, -0.1) is 0 Å². The van der Waals surface area contributed by atoms with E-state index in [-0.39, 0.29) is 0 Å². The summed E-state index contributed by atoms with van der Waals surface area (Å²) < 4.78 is 9.48. The summed E-state index contributed by atoms with van der Waals surface area (Å²) in [5.41, 5.74) is 6.87. The van der Waals surface area contributed by atoms with E-state index in [0.717, 1.165) is 5.82 Å².